The summed E-state index contributed by atoms with van der Waals surface area (Å²) in [6, 6.07) is 23.1. The summed E-state index contributed by atoms with van der Waals surface area (Å²) in [6.07, 6.45) is -0.733. The minimum Gasteiger partial charge on any atom is -0.333 e. The molecule has 2 fully saturated rings. The van der Waals surface area contributed by atoms with E-state index in [4.69, 9.17) is 0 Å². The molecule has 196 valence electrons. The summed E-state index contributed by atoms with van der Waals surface area (Å²) in [6.45, 7) is 2.26. The molecule has 3 atom stereocenters. The smallest absolute Gasteiger partial charge is 0.333 e. The molecule has 0 spiro atoms. The molecule has 38 heavy (non-hydrogen) atoms. The highest BCUT2D eigenvalue weighted by molar-refractivity contribution is 5.92. The Labute approximate surface area is 221 Å². The molecule has 0 radical (unpaired) electrons. The normalized spacial score (nSPS) is 20.8. The van der Waals surface area contributed by atoms with Crippen LogP contribution in [0.15, 0.2) is 84.9 Å². The van der Waals surface area contributed by atoms with E-state index in [1.54, 1.807) is 29.1 Å². The largest absolute Gasteiger partial charge is 0.334 e. The summed E-state index contributed by atoms with van der Waals surface area (Å²) in [4.78, 5) is 44.2. The van der Waals surface area contributed by atoms with Gasteiger partial charge in [0.15, 0.2) is 0 Å². The fourth-order valence-electron chi connectivity index (χ4n) is 5.24. The quantitative estimate of drug-likeness (QED) is 0.562. The Morgan fingerprint density at radius 1 is 0.974 bits per heavy atom. The SMILES string of the molecule is CC(c1ccc(F)cc1)N1C[C@H]2N(C(=O)CN(C)N2C(=O)NCc2ccccc2)[C@@H](c2ccccc2)C1=O. The van der Waals surface area contributed by atoms with E-state index in [0.29, 0.717) is 12.1 Å². The van der Waals surface area contributed by atoms with Gasteiger partial charge in [0.1, 0.15) is 18.0 Å². The number of hydrogen-bond donors (Lipinski definition) is 1. The predicted octanol–water partition coefficient (Wildman–Crippen LogP) is 3.70. The van der Waals surface area contributed by atoms with Gasteiger partial charge in [-0.3, -0.25) is 9.59 Å². The van der Waals surface area contributed by atoms with Gasteiger partial charge in [-0.1, -0.05) is 72.8 Å². The predicted molar refractivity (Wildman–Crippen MR) is 139 cm³/mol. The third-order valence-electron chi connectivity index (χ3n) is 7.21. The second kappa shape index (κ2) is 10.6. The third kappa shape index (κ3) is 4.84. The van der Waals surface area contributed by atoms with Gasteiger partial charge in [0.25, 0.3) is 5.91 Å². The first kappa shape index (κ1) is 25.4. The van der Waals surface area contributed by atoms with Crippen molar-refractivity contribution in [3.63, 3.8) is 0 Å². The van der Waals surface area contributed by atoms with Crippen LogP contribution in [0.3, 0.4) is 0 Å². The Morgan fingerprint density at radius 3 is 2.26 bits per heavy atom. The van der Waals surface area contributed by atoms with Gasteiger partial charge in [0.2, 0.25) is 5.91 Å². The summed E-state index contributed by atoms with van der Waals surface area (Å²) in [5, 5.41) is 6.08. The molecule has 5 rings (SSSR count). The van der Waals surface area contributed by atoms with Crippen LogP contribution in [0.1, 0.15) is 35.7 Å². The minimum atomic E-state index is -0.900. The van der Waals surface area contributed by atoms with E-state index in [0.717, 1.165) is 11.1 Å². The van der Waals surface area contributed by atoms with Crippen LogP contribution in [0.4, 0.5) is 9.18 Å². The molecule has 3 aromatic carbocycles. The van der Waals surface area contributed by atoms with Crippen LogP contribution in [0, 0.1) is 5.82 Å². The highest BCUT2D eigenvalue weighted by Gasteiger charge is 2.52. The van der Waals surface area contributed by atoms with Crippen LogP contribution in [0.2, 0.25) is 0 Å². The topological polar surface area (TPSA) is 76.2 Å². The molecule has 4 amide bonds. The molecule has 2 saturated heterocycles. The molecular weight excluding hydrogens is 485 g/mol. The van der Waals surface area contributed by atoms with Crippen molar-refractivity contribution >= 4 is 17.8 Å². The summed E-state index contributed by atoms with van der Waals surface area (Å²) in [5.41, 5.74) is 2.37. The number of likely N-dealkylation sites (N-methyl/N-ethyl adjacent to an activating group) is 1. The first-order valence-corrected chi connectivity index (χ1v) is 12.6. The minimum absolute atomic E-state index is 0.0423. The number of fused-ring (bicyclic) bond motifs is 1. The van der Waals surface area contributed by atoms with Crippen molar-refractivity contribution in [2.24, 2.45) is 0 Å². The molecule has 8 nitrogen and oxygen atoms in total. The maximum atomic E-state index is 14.0. The van der Waals surface area contributed by atoms with E-state index in [1.165, 1.54) is 22.0 Å². The summed E-state index contributed by atoms with van der Waals surface area (Å²) in [5.74, 6) is -0.840. The lowest BCUT2D eigenvalue weighted by atomic mass is 9.96. The van der Waals surface area contributed by atoms with Crippen molar-refractivity contribution in [1.82, 2.24) is 25.1 Å². The second-order valence-corrected chi connectivity index (χ2v) is 9.62. The van der Waals surface area contributed by atoms with Gasteiger partial charge in [-0.15, -0.1) is 0 Å². The maximum Gasteiger partial charge on any atom is 0.334 e. The number of nitrogens with zero attached hydrogens (tertiary/aromatic N) is 4. The van der Waals surface area contributed by atoms with Crippen LogP contribution in [0.5, 0.6) is 0 Å². The number of urea groups is 1. The lowest BCUT2D eigenvalue weighted by Gasteiger charge is -2.55. The van der Waals surface area contributed by atoms with Crippen molar-refractivity contribution in [3.05, 3.63) is 107 Å². The highest BCUT2D eigenvalue weighted by atomic mass is 19.1. The lowest BCUT2D eigenvalue weighted by molar-refractivity contribution is -0.189. The fraction of sp³-hybridized carbons (Fsp3) is 0.276. The van der Waals surface area contributed by atoms with Crippen molar-refractivity contribution in [2.45, 2.75) is 31.7 Å². The van der Waals surface area contributed by atoms with Crippen LogP contribution in [0.25, 0.3) is 0 Å². The lowest BCUT2D eigenvalue weighted by Crippen LogP contribution is -2.73. The zero-order chi connectivity index (χ0) is 26.8. The molecule has 0 aliphatic carbocycles. The zero-order valence-corrected chi connectivity index (χ0v) is 21.3. The van der Waals surface area contributed by atoms with E-state index in [-0.39, 0.29) is 36.8 Å². The molecule has 0 saturated carbocycles. The number of hydrogen-bond acceptors (Lipinski definition) is 4. The average Bonchev–Trinajstić information content (AvgIpc) is 2.93. The Morgan fingerprint density at radius 2 is 1.61 bits per heavy atom. The van der Waals surface area contributed by atoms with Crippen LogP contribution in [-0.2, 0) is 16.1 Å². The number of halogens is 1. The van der Waals surface area contributed by atoms with Crippen LogP contribution >= 0.6 is 0 Å². The Hall–Kier alpha value is -4.24. The summed E-state index contributed by atoms with van der Waals surface area (Å²) < 4.78 is 13.6. The summed E-state index contributed by atoms with van der Waals surface area (Å²) in [7, 11) is 1.69. The summed E-state index contributed by atoms with van der Waals surface area (Å²) >= 11 is 0. The molecule has 2 heterocycles. The number of rotatable bonds is 5. The number of piperazine rings is 1. The molecule has 0 aromatic heterocycles. The first-order valence-electron chi connectivity index (χ1n) is 12.6. The monoisotopic (exact) mass is 515 g/mol. The van der Waals surface area contributed by atoms with Gasteiger partial charge in [0.05, 0.1) is 19.1 Å². The molecule has 3 aromatic rings. The molecule has 9 heteroatoms. The number of carbonyl (C=O) groups is 3. The van der Waals surface area contributed by atoms with Gasteiger partial charge < -0.3 is 15.1 Å². The average molecular weight is 516 g/mol. The van der Waals surface area contributed by atoms with Crippen LogP contribution < -0.4 is 5.32 Å². The maximum absolute atomic E-state index is 14.0. The second-order valence-electron chi connectivity index (χ2n) is 9.62. The van der Waals surface area contributed by atoms with Gasteiger partial charge in [-0.05, 0) is 35.7 Å². The number of benzene rings is 3. The van der Waals surface area contributed by atoms with Gasteiger partial charge in [-0.2, -0.15) is 0 Å². The van der Waals surface area contributed by atoms with E-state index >= 15 is 0 Å². The van der Waals surface area contributed by atoms with E-state index < -0.39 is 18.2 Å². The molecule has 2 aliphatic heterocycles. The first-order chi connectivity index (χ1) is 18.3. The van der Waals surface area contributed by atoms with Crippen molar-refractivity contribution < 1.29 is 18.8 Å². The van der Waals surface area contributed by atoms with Crippen molar-refractivity contribution in [3.8, 4) is 0 Å². The molecule has 1 N–H and O–H groups in total. The number of amides is 4. The molecular formula is C29H30FN5O3. The van der Waals surface area contributed by atoms with Crippen molar-refractivity contribution in [1.29, 1.82) is 0 Å². The van der Waals surface area contributed by atoms with E-state index in [2.05, 4.69) is 5.32 Å². The Kier molecular flexibility index (Phi) is 7.11. The molecule has 0 bridgehead atoms. The number of hydrazine groups is 1. The highest BCUT2D eigenvalue weighted by Crippen LogP contribution is 2.37. The molecule has 2 aliphatic rings. The van der Waals surface area contributed by atoms with E-state index in [9.17, 15) is 18.8 Å². The third-order valence-corrected chi connectivity index (χ3v) is 7.21. The number of carbonyl (C=O) groups excluding carboxylic acids is 3. The van der Waals surface area contributed by atoms with Gasteiger partial charge >= 0.3 is 6.03 Å². The Balaban J connectivity index is 1.51. The number of nitrogens with one attached hydrogen (secondary N) is 1. The molecule has 1 unspecified atom stereocenters. The zero-order valence-electron chi connectivity index (χ0n) is 21.3. The Bertz CT molecular complexity index is 1300. The fourth-order valence-corrected chi connectivity index (χ4v) is 5.24. The van der Waals surface area contributed by atoms with E-state index in [1.807, 2.05) is 67.6 Å². The van der Waals surface area contributed by atoms with Gasteiger partial charge in [0, 0.05) is 13.6 Å². The van der Waals surface area contributed by atoms with Gasteiger partial charge in [-0.25, -0.2) is 19.2 Å². The van der Waals surface area contributed by atoms with Crippen LogP contribution in [-0.4, -0.2) is 64.0 Å². The van der Waals surface area contributed by atoms with Crippen molar-refractivity contribution in [2.75, 3.05) is 20.1 Å². The standard InChI is InChI=1S/C29H30FN5O3/c1-20(22-13-15-24(30)16-14-22)33-18-25-34(27(28(33)37)23-11-7-4-8-12-23)26(36)19-32(2)35(25)29(38)31-17-21-9-5-3-6-10-21/h3-16,20,25,27H,17-19H2,1-2H3,(H,31,38)/t20?,25-,27-/m0/s1.